The van der Waals surface area contributed by atoms with Crippen LogP contribution in [0.15, 0.2) is 24.3 Å². The van der Waals surface area contributed by atoms with E-state index in [4.69, 9.17) is 14.2 Å². The van der Waals surface area contributed by atoms with Crippen LogP contribution in [0.1, 0.15) is 31.9 Å². The average molecular weight is 281 g/mol. The normalized spacial score (nSPS) is 12.3. The topological polar surface area (TPSA) is 39.7 Å². The summed E-state index contributed by atoms with van der Waals surface area (Å²) in [6.07, 6.45) is 1.09. The molecule has 4 heteroatoms. The fourth-order valence-corrected chi connectivity index (χ4v) is 1.86. The van der Waals surface area contributed by atoms with Crippen LogP contribution in [0.4, 0.5) is 0 Å². The minimum atomic E-state index is 0.0473. The van der Waals surface area contributed by atoms with E-state index in [0.717, 1.165) is 37.4 Å². The van der Waals surface area contributed by atoms with Crippen LogP contribution in [-0.2, 0) is 9.47 Å². The Hall–Kier alpha value is -1.10. The van der Waals surface area contributed by atoms with Crippen molar-refractivity contribution in [3.8, 4) is 5.75 Å². The number of ether oxygens (including phenoxy) is 3. The van der Waals surface area contributed by atoms with Gasteiger partial charge in [-0.05, 0) is 30.7 Å². The third kappa shape index (κ3) is 6.37. The summed E-state index contributed by atoms with van der Waals surface area (Å²) in [5, 5.41) is 3.33. The first kappa shape index (κ1) is 17.0. The van der Waals surface area contributed by atoms with Crippen molar-refractivity contribution >= 4 is 0 Å². The highest BCUT2D eigenvalue weighted by Gasteiger charge is 2.11. The second kappa shape index (κ2) is 10.7. The van der Waals surface area contributed by atoms with Crippen LogP contribution in [-0.4, -0.2) is 40.0 Å². The Morgan fingerprint density at radius 2 is 1.80 bits per heavy atom. The van der Waals surface area contributed by atoms with Gasteiger partial charge in [0.05, 0.1) is 26.4 Å². The van der Waals surface area contributed by atoms with Gasteiger partial charge in [-0.15, -0.1) is 0 Å². The molecule has 0 heterocycles. The summed E-state index contributed by atoms with van der Waals surface area (Å²) in [6, 6.07) is 8.03. The summed E-state index contributed by atoms with van der Waals surface area (Å²) in [6.45, 7) is 7.99. The molecule has 0 aliphatic carbocycles. The van der Waals surface area contributed by atoms with Crippen molar-refractivity contribution in [2.75, 3.05) is 40.0 Å². The molecular weight excluding hydrogens is 254 g/mol. The van der Waals surface area contributed by atoms with Crippen molar-refractivity contribution in [2.24, 2.45) is 0 Å². The van der Waals surface area contributed by atoms with Crippen LogP contribution in [0.25, 0.3) is 0 Å². The van der Waals surface area contributed by atoms with E-state index in [1.807, 2.05) is 24.3 Å². The summed E-state index contributed by atoms with van der Waals surface area (Å²) in [5.74, 6) is 0.863. The molecule has 0 saturated heterocycles. The van der Waals surface area contributed by atoms with Gasteiger partial charge in [0.15, 0.2) is 0 Å². The molecule has 20 heavy (non-hydrogen) atoms. The van der Waals surface area contributed by atoms with Crippen molar-refractivity contribution < 1.29 is 14.2 Å². The number of hydrogen-bond acceptors (Lipinski definition) is 4. The SMILES string of the molecule is CCCOCCOC(CNCC)c1ccc(OC)cc1. The van der Waals surface area contributed by atoms with E-state index < -0.39 is 0 Å². The minimum Gasteiger partial charge on any atom is -0.497 e. The zero-order valence-corrected chi connectivity index (χ0v) is 12.9. The summed E-state index contributed by atoms with van der Waals surface area (Å²) in [4.78, 5) is 0. The molecule has 0 spiro atoms. The maximum Gasteiger partial charge on any atom is 0.118 e. The molecule has 0 bridgehead atoms. The van der Waals surface area contributed by atoms with Gasteiger partial charge in [0.1, 0.15) is 5.75 Å². The standard InChI is InChI=1S/C16H27NO3/c1-4-10-19-11-12-20-16(13-17-5-2)14-6-8-15(18-3)9-7-14/h6-9,16-17H,4-5,10-13H2,1-3H3. The largest absolute Gasteiger partial charge is 0.497 e. The third-order valence-electron chi connectivity index (χ3n) is 2.96. The maximum atomic E-state index is 5.92. The van der Waals surface area contributed by atoms with Crippen molar-refractivity contribution in [1.29, 1.82) is 0 Å². The molecule has 1 unspecified atom stereocenters. The van der Waals surface area contributed by atoms with E-state index in [-0.39, 0.29) is 6.10 Å². The molecule has 4 nitrogen and oxygen atoms in total. The predicted octanol–water partition coefficient (Wildman–Crippen LogP) is 2.79. The number of nitrogens with one attached hydrogen (secondary N) is 1. The van der Waals surface area contributed by atoms with Gasteiger partial charge in [-0.3, -0.25) is 0 Å². The van der Waals surface area contributed by atoms with Gasteiger partial charge < -0.3 is 19.5 Å². The Labute approximate surface area is 122 Å². The number of methoxy groups -OCH3 is 1. The van der Waals surface area contributed by atoms with E-state index in [0.29, 0.717) is 13.2 Å². The van der Waals surface area contributed by atoms with Gasteiger partial charge in [0, 0.05) is 13.2 Å². The smallest absolute Gasteiger partial charge is 0.118 e. The monoisotopic (exact) mass is 281 g/mol. The Kier molecular flexibility index (Phi) is 9.04. The minimum absolute atomic E-state index is 0.0473. The van der Waals surface area contributed by atoms with E-state index >= 15 is 0 Å². The van der Waals surface area contributed by atoms with E-state index in [9.17, 15) is 0 Å². The number of benzene rings is 1. The van der Waals surface area contributed by atoms with Gasteiger partial charge in [0.25, 0.3) is 0 Å². The molecule has 1 aromatic carbocycles. The second-order valence-corrected chi connectivity index (χ2v) is 4.55. The van der Waals surface area contributed by atoms with Gasteiger partial charge in [0.2, 0.25) is 0 Å². The van der Waals surface area contributed by atoms with Crippen LogP contribution in [0.5, 0.6) is 5.75 Å². The van der Waals surface area contributed by atoms with Crippen molar-refractivity contribution in [2.45, 2.75) is 26.4 Å². The summed E-state index contributed by atoms with van der Waals surface area (Å²) < 4.78 is 16.5. The van der Waals surface area contributed by atoms with Crippen molar-refractivity contribution in [1.82, 2.24) is 5.32 Å². The molecule has 0 aliphatic heterocycles. The average Bonchev–Trinajstić information content (AvgIpc) is 2.50. The predicted molar refractivity (Wildman–Crippen MR) is 81.3 cm³/mol. The van der Waals surface area contributed by atoms with Gasteiger partial charge in [-0.25, -0.2) is 0 Å². The van der Waals surface area contributed by atoms with E-state index in [1.165, 1.54) is 0 Å². The van der Waals surface area contributed by atoms with E-state index in [2.05, 4.69) is 19.2 Å². The van der Waals surface area contributed by atoms with Gasteiger partial charge in [-0.2, -0.15) is 0 Å². The fourth-order valence-electron chi connectivity index (χ4n) is 1.86. The van der Waals surface area contributed by atoms with Gasteiger partial charge >= 0.3 is 0 Å². The van der Waals surface area contributed by atoms with Crippen molar-refractivity contribution in [3.63, 3.8) is 0 Å². The molecule has 0 amide bonds. The lowest BCUT2D eigenvalue weighted by molar-refractivity contribution is 0.00444. The lowest BCUT2D eigenvalue weighted by Gasteiger charge is -2.19. The zero-order chi connectivity index (χ0) is 14.6. The molecule has 0 radical (unpaired) electrons. The van der Waals surface area contributed by atoms with Crippen LogP contribution in [0.3, 0.4) is 0 Å². The van der Waals surface area contributed by atoms with Crippen LogP contribution >= 0.6 is 0 Å². The highest BCUT2D eigenvalue weighted by Crippen LogP contribution is 2.20. The molecule has 1 aromatic rings. The fraction of sp³-hybridized carbons (Fsp3) is 0.625. The quantitative estimate of drug-likeness (QED) is 0.633. The summed E-state index contributed by atoms with van der Waals surface area (Å²) >= 11 is 0. The molecule has 0 aromatic heterocycles. The second-order valence-electron chi connectivity index (χ2n) is 4.55. The lowest BCUT2D eigenvalue weighted by Crippen LogP contribution is -2.24. The molecule has 1 N–H and O–H groups in total. The number of likely N-dealkylation sites (N-methyl/N-ethyl adjacent to an activating group) is 1. The van der Waals surface area contributed by atoms with Crippen LogP contribution in [0, 0.1) is 0 Å². The lowest BCUT2D eigenvalue weighted by atomic mass is 10.1. The first-order valence-corrected chi connectivity index (χ1v) is 7.35. The van der Waals surface area contributed by atoms with E-state index in [1.54, 1.807) is 7.11 Å². The third-order valence-corrected chi connectivity index (χ3v) is 2.96. The number of rotatable bonds is 11. The van der Waals surface area contributed by atoms with Crippen LogP contribution in [0.2, 0.25) is 0 Å². The molecule has 1 atom stereocenters. The Morgan fingerprint density at radius 1 is 1.05 bits per heavy atom. The Morgan fingerprint density at radius 3 is 2.40 bits per heavy atom. The summed E-state index contributed by atoms with van der Waals surface area (Å²) in [7, 11) is 1.67. The number of hydrogen-bond donors (Lipinski definition) is 1. The zero-order valence-electron chi connectivity index (χ0n) is 12.9. The molecule has 114 valence electrons. The highest BCUT2D eigenvalue weighted by atomic mass is 16.5. The molecular formula is C16H27NO3. The molecule has 1 rings (SSSR count). The van der Waals surface area contributed by atoms with Gasteiger partial charge in [-0.1, -0.05) is 26.0 Å². The summed E-state index contributed by atoms with van der Waals surface area (Å²) in [5.41, 5.74) is 1.15. The first-order chi connectivity index (χ1) is 9.81. The maximum absolute atomic E-state index is 5.92. The first-order valence-electron chi connectivity index (χ1n) is 7.35. The Balaban J connectivity index is 2.48. The molecule has 0 aliphatic rings. The van der Waals surface area contributed by atoms with Crippen molar-refractivity contribution in [3.05, 3.63) is 29.8 Å². The highest BCUT2D eigenvalue weighted by molar-refractivity contribution is 5.28. The molecule has 0 saturated carbocycles. The molecule has 0 fully saturated rings. The Bertz CT molecular complexity index is 340. The van der Waals surface area contributed by atoms with Crippen LogP contribution < -0.4 is 10.1 Å².